The van der Waals surface area contributed by atoms with E-state index in [-0.39, 0.29) is 22.8 Å². The number of rotatable bonds is 5. The van der Waals surface area contributed by atoms with Crippen LogP contribution in [0.15, 0.2) is 11.8 Å². The van der Waals surface area contributed by atoms with Gasteiger partial charge in [-0.15, -0.1) is 10.3 Å². The molecular weight excluding hydrogens is 341 g/mol. The van der Waals surface area contributed by atoms with E-state index in [1.807, 2.05) is 12.5 Å². The maximum atomic E-state index is 12.3. The molecule has 1 rings (SSSR count). The Kier molecular flexibility index (Phi) is 5.57. The summed E-state index contributed by atoms with van der Waals surface area (Å²) >= 11 is 0. The second-order valence-electron chi connectivity index (χ2n) is 6.59. The van der Waals surface area contributed by atoms with Gasteiger partial charge in [-0.1, -0.05) is 20.8 Å². The molecule has 0 aliphatic heterocycles. The van der Waals surface area contributed by atoms with E-state index in [4.69, 9.17) is 4.18 Å². The van der Waals surface area contributed by atoms with E-state index in [2.05, 4.69) is 25.0 Å². The fourth-order valence-electron chi connectivity index (χ4n) is 1.58. The van der Waals surface area contributed by atoms with Crippen LogP contribution in [0.5, 0.6) is 0 Å². The normalized spacial score (nSPS) is 21.6. The number of hydrogen-bond donors (Lipinski definition) is 0. The van der Waals surface area contributed by atoms with E-state index >= 15 is 0 Å². The molecule has 0 fully saturated rings. The number of allylic oxidation sites excluding steroid dienone is 2. The predicted octanol–water partition coefficient (Wildman–Crippen LogP) is 3.94. The molecule has 0 heterocycles. The van der Waals surface area contributed by atoms with Crippen LogP contribution in [0.25, 0.3) is 0 Å². The minimum Gasteiger partial charge on any atom is -0.381 e. The Hall–Kier alpha value is -0.410. The first-order valence-electron chi connectivity index (χ1n) is 6.73. The van der Waals surface area contributed by atoms with Crippen LogP contribution in [0, 0.1) is 5.92 Å². The summed E-state index contributed by atoms with van der Waals surface area (Å²) in [6, 6.07) is 0. The Balaban J connectivity index is 2.54. The van der Waals surface area contributed by atoms with Crippen molar-refractivity contribution in [3.05, 3.63) is 11.8 Å². The van der Waals surface area contributed by atoms with E-state index in [1.54, 1.807) is 0 Å². The molecule has 9 heteroatoms. The lowest BCUT2D eigenvalue weighted by Crippen LogP contribution is -2.27. The second kappa shape index (κ2) is 6.24. The van der Waals surface area contributed by atoms with Crippen molar-refractivity contribution >= 4 is 20.4 Å². The fraction of sp³-hybridized carbons (Fsp3) is 0.846. The SMILES string of the molecule is CC(C)(C)S(C)(C)OCC1CC=C(OS(=O)(=O)C(F)(F)F)C1. The quantitative estimate of drug-likeness (QED) is 0.548. The average molecular weight is 364 g/mol. The van der Waals surface area contributed by atoms with Crippen LogP contribution in [-0.4, -0.2) is 37.8 Å². The highest BCUT2D eigenvalue weighted by atomic mass is 32.3. The first-order valence-corrected chi connectivity index (χ1v) is 10.5. The molecule has 0 aromatic carbocycles. The van der Waals surface area contributed by atoms with Gasteiger partial charge in [0.15, 0.2) is 0 Å². The highest BCUT2D eigenvalue weighted by molar-refractivity contribution is 8.29. The van der Waals surface area contributed by atoms with Crippen molar-refractivity contribution in [2.24, 2.45) is 5.92 Å². The van der Waals surface area contributed by atoms with E-state index in [1.165, 1.54) is 6.08 Å². The minimum absolute atomic E-state index is 0.0159. The second-order valence-corrected chi connectivity index (χ2v) is 12.1. The van der Waals surface area contributed by atoms with Gasteiger partial charge in [-0.25, -0.2) is 0 Å². The zero-order valence-electron chi connectivity index (χ0n) is 13.4. The Bertz CT molecular complexity index is 530. The molecule has 1 unspecified atom stereocenters. The van der Waals surface area contributed by atoms with Gasteiger partial charge in [0.25, 0.3) is 0 Å². The summed E-state index contributed by atoms with van der Waals surface area (Å²) in [5.41, 5.74) is -5.40. The van der Waals surface area contributed by atoms with E-state index in [9.17, 15) is 21.6 Å². The van der Waals surface area contributed by atoms with Crippen molar-refractivity contribution in [1.29, 1.82) is 0 Å². The molecule has 0 aromatic rings. The minimum atomic E-state index is -5.58. The van der Waals surface area contributed by atoms with Crippen LogP contribution in [0.2, 0.25) is 0 Å². The Morgan fingerprint density at radius 3 is 2.23 bits per heavy atom. The average Bonchev–Trinajstić information content (AvgIpc) is 2.70. The summed E-state index contributed by atoms with van der Waals surface area (Å²) in [5, 5.41) is 0. The van der Waals surface area contributed by atoms with Gasteiger partial charge in [0, 0.05) is 11.2 Å². The molecule has 4 nitrogen and oxygen atoms in total. The van der Waals surface area contributed by atoms with Gasteiger partial charge in [0.1, 0.15) is 5.76 Å². The smallest absolute Gasteiger partial charge is 0.381 e. The number of alkyl halides is 3. The maximum Gasteiger partial charge on any atom is 0.534 e. The van der Waals surface area contributed by atoms with Gasteiger partial charge in [-0.05, 0) is 30.9 Å². The summed E-state index contributed by atoms with van der Waals surface area (Å²) in [4.78, 5) is 0. The fourth-order valence-corrected chi connectivity index (χ4v) is 2.97. The highest BCUT2D eigenvalue weighted by Gasteiger charge is 2.49. The van der Waals surface area contributed by atoms with Crippen molar-refractivity contribution in [3.63, 3.8) is 0 Å². The summed E-state index contributed by atoms with van der Waals surface area (Å²) in [6.07, 6.45) is 6.02. The first kappa shape index (κ1) is 19.6. The van der Waals surface area contributed by atoms with Gasteiger partial charge >= 0.3 is 15.6 Å². The number of hydrogen-bond acceptors (Lipinski definition) is 4. The molecule has 1 atom stereocenters. The van der Waals surface area contributed by atoms with Crippen LogP contribution < -0.4 is 0 Å². The molecule has 0 saturated heterocycles. The molecular formula is C13H23F3O4S2. The van der Waals surface area contributed by atoms with E-state index in [0.717, 1.165) is 0 Å². The third-order valence-corrected chi connectivity index (χ3v) is 8.42. The Labute approximate surface area is 131 Å². The third kappa shape index (κ3) is 4.79. The van der Waals surface area contributed by atoms with Crippen LogP contribution in [-0.2, 0) is 18.5 Å². The third-order valence-electron chi connectivity index (χ3n) is 3.74. The van der Waals surface area contributed by atoms with Crippen LogP contribution in [0.1, 0.15) is 33.6 Å². The van der Waals surface area contributed by atoms with Gasteiger partial charge < -0.3 is 8.37 Å². The molecule has 0 radical (unpaired) electrons. The monoisotopic (exact) mass is 364 g/mol. The number of halogens is 3. The summed E-state index contributed by atoms with van der Waals surface area (Å²) in [6.45, 7) is 6.58. The predicted molar refractivity (Wildman–Crippen MR) is 82.0 cm³/mol. The molecule has 0 N–H and O–H groups in total. The maximum absolute atomic E-state index is 12.3. The van der Waals surface area contributed by atoms with Gasteiger partial charge in [-0.3, -0.25) is 0 Å². The van der Waals surface area contributed by atoms with Gasteiger partial charge in [-0.2, -0.15) is 21.6 Å². The standard InChI is InChI=1S/C13H23F3O4S2/c1-12(2,3)21(4,5)19-9-10-6-7-11(8-10)20-22(17,18)13(14,15)16/h7,10H,6,8-9H2,1-5H3. The largest absolute Gasteiger partial charge is 0.534 e. The van der Waals surface area contributed by atoms with E-state index in [0.29, 0.717) is 13.0 Å². The van der Waals surface area contributed by atoms with Gasteiger partial charge in [0.05, 0.1) is 6.61 Å². The van der Waals surface area contributed by atoms with Crippen LogP contribution in [0.3, 0.4) is 0 Å². The summed E-state index contributed by atoms with van der Waals surface area (Å²) in [5.74, 6) is -0.220. The van der Waals surface area contributed by atoms with Crippen molar-refractivity contribution in [2.45, 2.75) is 43.9 Å². The lowest BCUT2D eigenvalue weighted by Gasteiger charge is -2.44. The lowest BCUT2D eigenvalue weighted by molar-refractivity contribution is -0.0523. The van der Waals surface area contributed by atoms with Crippen molar-refractivity contribution in [2.75, 3.05) is 19.1 Å². The molecule has 0 spiro atoms. The van der Waals surface area contributed by atoms with E-state index < -0.39 is 25.9 Å². The highest BCUT2D eigenvalue weighted by Crippen LogP contribution is 2.54. The molecule has 0 saturated carbocycles. The Morgan fingerprint density at radius 2 is 1.77 bits per heavy atom. The molecule has 22 heavy (non-hydrogen) atoms. The molecule has 0 bridgehead atoms. The van der Waals surface area contributed by atoms with Gasteiger partial charge in [0.2, 0.25) is 0 Å². The van der Waals surface area contributed by atoms with Crippen LogP contribution in [0.4, 0.5) is 13.2 Å². The van der Waals surface area contributed by atoms with Crippen molar-refractivity contribution < 1.29 is 30.0 Å². The molecule has 1 aliphatic carbocycles. The molecule has 1 aliphatic rings. The molecule has 0 aromatic heterocycles. The lowest BCUT2D eigenvalue weighted by atomic mass is 10.1. The topological polar surface area (TPSA) is 52.6 Å². The van der Waals surface area contributed by atoms with Crippen LogP contribution >= 0.6 is 10.3 Å². The Morgan fingerprint density at radius 1 is 1.23 bits per heavy atom. The van der Waals surface area contributed by atoms with Crippen molar-refractivity contribution in [3.8, 4) is 0 Å². The molecule has 132 valence electrons. The zero-order chi connectivity index (χ0) is 17.4. The zero-order valence-corrected chi connectivity index (χ0v) is 15.0. The molecule has 0 amide bonds. The van der Waals surface area contributed by atoms with Crippen molar-refractivity contribution in [1.82, 2.24) is 0 Å². The first-order chi connectivity index (χ1) is 9.66. The summed E-state index contributed by atoms with van der Waals surface area (Å²) < 4.78 is 68.8. The summed E-state index contributed by atoms with van der Waals surface area (Å²) in [7, 11) is -6.90.